The fourth-order valence-electron chi connectivity index (χ4n) is 0.467. The normalized spacial score (nSPS) is 10.5. The third-order valence-corrected chi connectivity index (χ3v) is 0.856. The van der Waals surface area contributed by atoms with Gasteiger partial charge >= 0.3 is 12.6 Å². The lowest BCUT2D eigenvalue weighted by molar-refractivity contribution is -0.653. The Bertz CT molecular complexity index is 143. The van der Waals surface area contributed by atoms with E-state index in [1.165, 1.54) is 0 Å². The third-order valence-electron chi connectivity index (χ3n) is 0.856. The number of rotatable bonds is 8. The number of carbonyl (C=O) groups is 1. The molecule has 0 radical (unpaired) electrons. The number of carboxylic acid groups (broad SMARTS) is 1. The van der Waals surface area contributed by atoms with E-state index in [0.29, 0.717) is 13.2 Å². The first kappa shape index (κ1) is 13.1. The molecule has 8 heteroatoms. The fraction of sp³-hybridized carbons (Fsp3) is 0.833. The standard InChI is InChI=1S/C6H12O8/c1-3-9-6(10-4-2)12-14-13-11-5(7)8/h6H,3-4H2,1-2H3,(H,7,8). The SMILES string of the molecule is CCOC(OCC)OOOOC(=O)O. The summed E-state index contributed by atoms with van der Waals surface area (Å²) in [6.07, 6.45) is -1.67. The molecular weight excluding hydrogens is 200 g/mol. The molecule has 0 saturated heterocycles. The molecule has 0 unspecified atom stereocenters. The zero-order valence-electron chi connectivity index (χ0n) is 7.80. The zero-order chi connectivity index (χ0) is 10.8. The molecular formula is C6H12O8. The van der Waals surface area contributed by atoms with E-state index in [1.807, 2.05) is 0 Å². The summed E-state index contributed by atoms with van der Waals surface area (Å²) in [5, 5.41) is 15.4. The van der Waals surface area contributed by atoms with Crippen molar-refractivity contribution in [3.63, 3.8) is 0 Å². The quantitative estimate of drug-likeness (QED) is 0.273. The van der Waals surface area contributed by atoms with Crippen LogP contribution in [0.5, 0.6) is 0 Å². The summed E-state index contributed by atoms with van der Waals surface area (Å²) in [6.45, 7) is 2.98. The molecule has 0 heterocycles. The predicted octanol–water partition coefficient (Wildman–Crippen LogP) is 0.832. The van der Waals surface area contributed by atoms with Crippen LogP contribution in [0.25, 0.3) is 0 Å². The lowest BCUT2D eigenvalue weighted by Gasteiger charge is -2.13. The Morgan fingerprint density at radius 3 is 2.21 bits per heavy atom. The van der Waals surface area contributed by atoms with Crippen LogP contribution in [-0.2, 0) is 29.3 Å². The number of hydrogen-bond acceptors (Lipinski definition) is 7. The molecule has 8 nitrogen and oxygen atoms in total. The van der Waals surface area contributed by atoms with Crippen molar-refractivity contribution in [2.75, 3.05) is 13.2 Å². The smallest absolute Gasteiger partial charge is 0.448 e. The van der Waals surface area contributed by atoms with Crippen LogP contribution >= 0.6 is 0 Å². The summed E-state index contributed by atoms with van der Waals surface area (Å²) in [5.74, 6) is 0. The molecule has 0 atom stereocenters. The summed E-state index contributed by atoms with van der Waals surface area (Å²) in [6, 6.07) is 0. The van der Waals surface area contributed by atoms with Gasteiger partial charge in [-0.05, 0) is 18.9 Å². The lowest BCUT2D eigenvalue weighted by Crippen LogP contribution is -2.21. The first-order valence-corrected chi connectivity index (χ1v) is 3.83. The highest BCUT2D eigenvalue weighted by molar-refractivity contribution is 5.55. The molecule has 0 aliphatic rings. The van der Waals surface area contributed by atoms with E-state index in [0.717, 1.165) is 0 Å². The maximum atomic E-state index is 9.75. The van der Waals surface area contributed by atoms with Crippen LogP contribution in [0.1, 0.15) is 13.8 Å². The van der Waals surface area contributed by atoms with E-state index in [-0.39, 0.29) is 0 Å². The van der Waals surface area contributed by atoms with Crippen LogP contribution in [0.15, 0.2) is 0 Å². The third kappa shape index (κ3) is 7.71. The van der Waals surface area contributed by atoms with Crippen LogP contribution in [0.2, 0.25) is 0 Å². The summed E-state index contributed by atoms with van der Waals surface area (Å²) in [4.78, 5) is 17.6. The molecule has 0 aromatic carbocycles. The molecule has 0 aromatic rings. The molecule has 14 heavy (non-hydrogen) atoms. The topological polar surface area (TPSA) is 92.7 Å². The zero-order valence-corrected chi connectivity index (χ0v) is 7.80. The highest BCUT2D eigenvalue weighted by Crippen LogP contribution is 1.98. The molecule has 0 spiro atoms. The van der Waals surface area contributed by atoms with Crippen LogP contribution in [0.3, 0.4) is 0 Å². The van der Waals surface area contributed by atoms with Crippen LogP contribution < -0.4 is 0 Å². The van der Waals surface area contributed by atoms with Crippen molar-refractivity contribution in [3.05, 3.63) is 0 Å². The largest absolute Gasteiger partial charge is 0.540 e. The number of ether oxygens (including phenoxy) is 2. The van der Waals surface area contributed by atoms with Gasteiger partial charge in [0.1, 0.15) is 0 Å². The van der Waals surface area contributed by atoms with Gasteiger partial charge in [-0.2, -0.15) is 0 Å². The monoisotopic (exact) mass is 212 g/mol. The van der Waals surface area contributed by atoms with Gasteiger partial charge in [0, 0.05) is 18.3 Å². The minimum absolute atomic E-state index is 0.327. The average Bonchev–Trinajstić information content (AvgIpc) is 2.12. The highest BCUT2D eigenvalue weighted by atomic mass is 17.7. The van der Waals surface area contributed by atoms with Gasteiger partial charge in [0.2, 0.25) is 0 Å². The minimum atomic E-state index is -1.67. The van der Waals surface area contributed by atoms with Gasteiger partial charge in [-0.15, -0.1) is 4.89 Å². The molecule has 0 bridgehead atoms. The lowest BCUT2D eigenvalue weighted by atomic mass is 10.8. The first-order chi connectivity index (χ1) is 6.70. The van der Waals surface area contributed by atoms with Gasteiger partial charge in [0.15, 0.2) is 0 Å². The molecule has 0 rings (SSSR count). The van der Waals surface area contributed by atoms with Gasteiger partial charge in [-0.25, -0.2) is 9.68 Å². The molecule has 0 aliphatic carbocycles. The molecule has 0 aliphatic heterocycles. The van der Waals surface area contributed by atoms with Crippen LogP contribution in [0.4, 0.5) is 4.79 Å². The van der Waals surface area contributed by atoms with Crippen LogP contribution in [-0.4, -0.2) is 31.0 Å². The molecule has 1 N–H and O–H groups in total. The first-order valence-electron chi connectivity index (χ1n) is 3.83. The van der Waals surface area contributed by atoms with Crippen molar-refractivity contribution in [2.24, 2.45) is 0 Å². The second-order valence-electron chi connectivity index (χ2n) is 1.78. The van der Waals surface area contributed by atoms with Gasteiger partial charge in [0.05, 0.1) is 0 Å². The molecule has 0 saturated carbocycles. The Morgan fingerprint density at radius 1 is 1.21 bits per heavy atom. The maximum Gasteiger partial charge on any atom is 0.540 e. The van der Waals surface area contributed by atoms with Gasteiger partial charge in [0.25, 0.3) is 0 Å². The molecule has 0 amide bonds. The van der Waals surface area contributed by atoms with E-state index in [2.05, 4.69) is 19.9 Å². The summed E-state index contributed by atoms with van der Waals surface area (Å²) in [5.41, 5.74) is 0. The van der Waals surface area contributed by atoms with Gasteiger partial charge in [-0.1, -0.05) is 0 Å². The summed E-state index contributed by atoms with van der Waals surface area (Å²) in [7, 11) is 0. The second kappa shape index (κ2) is 8.66. The summed E-state index contributed by atoms with van der Waals surface area (Å²) >= 11 is 0. The Hall–Kier alpha value is -0.930. The highest BCUT2D eigenvalue weighted by Gasteiger charge is 2.10. The maximum absolute atomic E-state index is 9.75. The Morgan fingerprint density at radius 2 is 1.79 bits per heavy atom. The van der Waals surface area contributed by atoms with E-state index < -0.39 is 12.6 Å². The van der Waals surface area contributed by atoms with Crippen molar-refractivity contribution in [2.45, 2.75) is 20.3 Å². The van der Waals surface area contributed by atoms with Crippen molar-refractivity contribution >= 4 is 6.16 Å². The Balaban J connectivity index is 3.44. The van der Waals surface area contributed by atoms with Crippen molar-refractivity contribution < 1.29 is 39.2 Å². The van der Waals surface area contributed by atoms with Crippen LogP contribution in [0, 0.1) is 0 Å². The summed E-state index contributed by atoms with van der Waals surface area (Å²) < 4.78 is 9.67. The minimum Gasteiger partial charge on any atom is -0.448 e. The predicted molar refractivity (Wildman–Crippen MR) is 39.4 cm³/mol. The Kier molecular flexibility index (Phi) is 8.08. The fourth-order valence-corrected chi connectivity index (χ4v) is 0.467. The van der Waals surface area contributed by atoms with E-state index in [9.17, 15) is 4.79 Å². The Labute approximate surface area is 80.0 Å². The van der Waals surface area contributed by atoms with Crippen molar-refractivity contribution in [1.29, 1.82) is 0 Å². The molecule has 84 valence electrons. The molecule has 0 fully saturated rings. The van der Waals surface area contributed by atoms with E-state index in [1.54, 1.807) is 13.8 Å². The van der Waals surface area contributed by atoms with Gasteiger partial charge < -0.3 is 14.6 Å². The van der Waals surface area contributed by atoms with E-state index >= 15 is 0 Å². The van der Waals surface area contributed by atoms with Gasteiger partial charge in [-0.3, -0.25) is 0 Å². The van der Waals surface area contributed by atoms with Crippen molar-refractivity contribution in [1.82, 2.24) is 0 Å². The number of hydrogen-bond donors (Lipinski definition) is 1. The second-order valence-corrected chi connectivity index (χ2v) is 1.78. The average molecular weight is 212 g/mol. The van der Waals surface area contributed by atoms with E-state index in [4.69, 9.17) is 14.6 Å². The molecule has 0 aromatic heterocycles. The van der Waals surface area contributed by atoms with Crippen molar-refractivity contribution in [3.8, 4) is 0 Å².